The molecule has 104 valence electrons. The van der Waals surface area contributed by atoms with Gasteiger partial charge in [0.25, 0.3) is 0 Å². The molecule has 2 heteroatoms. The van der Waals surface area contributed by atoms with Crippen molar-refractivity contribution in [2.24, 2.45) is 5.41 Å². The van der Waals surface area contributed by atoms with Crippen LogP contribution in [0.4, 0.5) is 0 Å². The molecule has 0 saturated carbocycles. The first-order chi connectivity index (χ1) is 9.00. The summed E-state index contributed by atoms with van der Waals surface area (Å²) < 4.78 is 0.452. The highest BCUT2D eigenvalue weighted by Gasteiger charge is 2.40. The average molecular weight is 275 g/mol. The van der Waals surface area contributed by atoms with Crippen molar-refractivity contribution in [1.29, 1.82) is 0 Å². The SMILES string of the molecule is CC1(CNC2c3ccccc3CC2(C)C)CCCS1. The summed E-state index contributed by atoms with van der Waals surface area (Å²) in [5.74, 6) is 1.34. The Kier molecular flexibility index (Phi) is 3.43. The highest BCUT2D eigenvalue weighted by molar-refractivity contribution is 8.00. The van der Waals surface area contributed by atoms with Gasteiger partial charge in [-0.2, -0.15) is 11.8 Å². The normalized spacial score (nSPS) is 32.5. The van der Waals surface area contributed by atoms with Crippen LogP contribution >= 0.6 is 11.8 Å². The van der Waals surface area contributed by atoms with Crippen molar-refractivity contribution in [2.75, 3.05) is 12.3 Å². The van der Waals surface area contributed by atoms with E-state index in [1.165, 1.54) is 36.1 Å². The van der Waals surface area contributed by atoms with Crippen molar-refractivity contribution in [1.82, 2.24) is 5.32 Å². The summed E-state index contributed by atoms with van der Waals surface area (Å²) in [5, 5.41) is 3.89. The first-order valence-electron chi connectivity index (χ1n) is 7.45. The highest BCUT2D eigenvalue weighted by atomic mass is 32.2. The first-order valence-corrected chi connectivity index (χ1v) is 8.44. The van der Waals surface area contributed by atoms with Crippen LogP contribution in [-0.2, 0) is 6.42 Å². The van der Waals surface area contributed by atoms with Crippen LogP contribution in [0.5, 0.6) is 0 Å². The Morgan fingerprint density at radius 1 is 1.26 bits per heavy atom. The minimum absolute atomic E-state index is 0.337. The smallest absolute Gasteiger partial charge is 0.0378 e. The van der Waals surface area contributed by atoms with Gasteiger partial charge in [-0.25, -0.2) is 0 Å². The molecule has 2 unspecified atom stereocenters. The molecule has 0 spiro atoms. The number of nitrogens with one attached hydrogen (secondary N) is 1. The number of rotatable bonds is 3. The topological polar surface area (TPSA) is 12.0 Å². The zero-order valence-electron chi connectivity index (χ0n) is 12.3. The first kappa shape index (κ1) is 13.5. The van der Waals surface area contributed by atoms with Gasteiger partial charge in [-0.05, 0) is 48.5 Å². The Labute approximate surface area is 121 Å². The molecule has 3 rings (SSSR count). The van der Waals surface area contributed by atoms with E-state index in [9.17, 15) is 0 Å². The summed E-state index contributed by atoms with van der Waals surface area (Å²) in [4.78, 5) is 0. The zero-order chi connectivity index (χ0) is 13.5. The fourth-order valence-corrected chi connectivity index (χ4v) is 4.93. The van der Waals surface area contributed by atoms with Gasteiger partial charge in [0.2, 0.25) is 0 Å². The van der Waals surface area contributed by atoms with Crippen LogP contribution in [0.3, 0.4) is 0 Å². The van der Waals surface area contributed by atoms with E-state index < -0.39 is 0 Å². The molecule has 1 nitrogen and oxygen atoms in total. The van der Waals surface area contributed by atoms with Crippen LogP contribution in [0, 0.1) is 5.41 Å². The molecule has 0 amide bonds. The summed E-state index contributed by atoms with van der Waals surface area (Å²) in [6.07, 6.45) is 3.94. The van der Waals surface area contributed by atoms with Gasteiger partial charge >= 0.3 is 0 Å². The molecule has 1 heterocycles. The minimum Gasteiger partial charge on any atom is -0.308 e. The lowest BCUT2D eigenvalue weighted by molar-refractivity contribution is 0.263. The fourth-order valence-electron chi connectivity index (χ4n) is 3.67. The Hall–Kier alpha value is -0.470. The lowest BCUT2D eigenvalue weighted by Crippen LogP contribution is -2.39. The Morgan fingerprint density at radius 3 is 2.79 bits per heavy atom. The molecule has 1 saturated heterocycles. The molecule has 1 aromatic carbocycles. The van der Waals surface area contributed by atoms with Gasteiger partial charge in [0, 0.05) is 17.3 Å². The van der Waals surface area contributed by atoms with Gasteiger partial charge in [0.05, 0.1) is 0 Å². The molecule has 1 aromatic rings. The third-order valence-corrected chi connectivity index (χ3v) is 6.31. The summed E-state index contributed by atoms with van der Waals surface area (Å²) in [6, 6.07) is 9.48. The summed E-state index contributed by atoms with van der Waals surface area (Å²) in [6.45, 7) is 8.36. The molecule has 2 aliphatic rings. The Morgan fingerprint density at radius 2 is 2.05 bits per heavy atom. The molecule has 1 fully saturated rings. The second kappa shape index (κ2) is 4.82. The van der Waals surface area contributed by atoms with Gasteiger partial charge in [0.15, 0.2) is 0 Å². The molecule has 0 aromatic heterocycles. The molecule has 0 radical (unpaired) electrons. The summed E-state index contributed by atoms with van der Waals surface area (Å²) >= 11 is 2.15. The van der Waals surface area contributed by atoms with E-state index >= 15 is 0 Å². The van der Waals surface area contributed by atoms with Crippen molar-refractivity contribution < 1.29 is 0 Å². The number of hydrogen-bond acceptors (Lipinski definition) is 2. The predicted octanol–water partition coefficient (Wildman–Crippen LogP) is 4.19. The molecule has 1 aliphatic carbocycles. The summed E-state index contributed by atoms with van der Waals surface area (Å²) in [5.41, 5.74) is 3.40. The van der Waals surface area contributed by atoms with E-state index in [2.05, 4.69) is 62.1 Å². The Bertz CT molecular complexity index is 460. The predicted molar refractivity (Wildman–Crippen MR) is 84.8 cm³/mol. The maximum Gasteiger partial charge on any atom is 0.0378 e. The third-order valence-electron chi connectivity index (χ3n) is 4.77. The van der Waals surface area contributed by atoms with Gasteiger partial charge in [-0.1, -0.05) is 38.1 Å². The fraction of sp³-hybridized carbons (Fsp3) is 0.647. The van der Waals surface area contributed by atoms with Gasteiger partial charge in [-0.3, -0.25) is 0 Å². The zero-order valence-corrected chi connectivity index (χ0v) is 13.1. The van der Waals surface area contributed by atoms with E-state index in [1.807, 2.05) is 0 Å². The molecule has 1 N–H and O–H groups in total. The average Bonchev–Trinajstić information content (AvgIpc) is 2.88. The number of thioether (sulfide) groups is 1. The van der Waals surface area contributed by atoms with Crippen molar-refractivity contribution in [3.05, 3.63) is 35.4 Å². The standard InChI is InChI=1S/C17H25NS/c1-16(2)11-13-7-4-5-8-14(13)15(16)18-12-17(3)9-6-10-19-17/h4-5,7-8,15,18H,6,9-12H2,1-3H3. The van der Waals surface area contributed by atoms with Crippen LogP contribution in [-0.4, -0.2) is 17.0 Å². The maximum absolute atomic E-state index is 3.89. The monoisotopic (exact) mass is 275 g/mol. The second-order valence-corrected chi connectivity index (χ2v) is 8.76. The van der Waals surface area contributed by atoms with Crippen LogP contribution in [0.15, 0.2) is 24.3 Å². The minimum atomic E-state index is 0.337. The van der Waals surface area contributed by atoms with E-state index in [0.29, 0.717) is 16.2 Å². The third kappa shape index (κ3) is 2.57. The number of fused-ring (bicyclic) bond motifs is 1. The van der Waals surface area contributed by atoms with Crippen LogP contribution in [0.2, 0.25) is 0 Å². The highest BCUT2D eigenvalue weighted by Crippen LogP contribution is 2.46. The van der Waals surface area contributed by atoms with Gasteiger partial charge < -0.3 is 5.32 Å². The molecular formula is C17H25NS. The van der Waals surface area contributed by atoms with E-state index in [0.717, 1.165) is 6.54 Å². The Balaban J connectivity index is 1.76. The van der Waals surface area contributed by atoms with Crippen molar-refractivity contribution in [3.8, 4) is 0 Å². The van der Waals surface area contributed by atoms with Crippen LogP contribution in [0.1, 0.15) is 50.8 Å². The van der Waals surface area contributed by atoms with E-state index in [4.69, 9.17) is 0 Å². The maximum atomic E-state index is 3.89. The van der Waals surface area contributed by atoms with Crippen molar-refractivity contribution in [2.45, 2.75) is 50.8 Å². The van der Waals surface area contributed by atoms with Crippen molar-refractivity contribution in [3.63, 3.8) is 0 Å². The van der Waals surface area contributed by atoms with Crippen LogP contribution in [0.25, 0.3) is 0 Å². The lowest BCUT2D eigenvalue weighted by atomic mass is 9.85. The molecular weight excluding hydrogens is 250 g/mol. The molecule has 1 aliphatic heterocycles. The lowest BCUT2D eigenvalue weighted by Gasteiger charge is -2.32. The van der Waals surface area contributed by atoms with Crippen molar-refractivity contribution >= 4 is 11.8 Å². The van der Waals surface area contributed by atoms with Gasteiger partial charge in [-0.15, -0.1) is 0 Å². The van der Waals surface area contributed by atoms with Crippen LogP contribution < -0.4 is 5.32 Å². The molecule has 2 atom stereocenters. The molecule has 19 heavy (non-hydrogen) atoms. The van der Waals surface area contributed by atoms with E-state index in [1.54, 1.807) is 0 Å². The largest absolute Gasteiger partial charge is 0.308 e. The second-order valence-electron chi connectivity index (χ2n) is 7.08. The van der Waals surface area contributed by atoms with E-state index in [-0.39, 0.29) is 0 Å². The summed E-state index contributed by atoms with van der Waals surface area (Å²) in [7, 11) is 0. The number of benzene rings is 1. The molecule has 0 bridgehead atoms. The quantitative estimate of drug-likeness (QED) is 0.888. The van der Waals surface area contributed by atoms with Gasteiger partial charge in [0.1, 0.15) is 0 Å². The number of hydrogen-bond donors (Lipinski definition) is 1.